The topological polar surface area (TPSA) is 57.6 Å². The van der Waals surface area contributed by atoms with E-state index < -0.39 is 10.0 Å². The van der Waals surface area contributed by atoms with Gasteiger partial charge < -0.3 is 5.11 Å². The minimum Gasteiger partial charge on any atom is -0.392 e. The largest absolute Gasteiger partial charge is 0.392 e. The highest BCUT2D eigenvalue weighted by atomic mass is 32.2. The fraction of sp³-hybridized carbons (Fsp3) is 0.571. The van der Waals surface area contributed by atoms with Gasteiger partial charge in [-0.3, -0.25) is 0 Å². The first-order valence-electron chi connectivity index (χ1n) is 6.73. The highest BCUT2D eigenvalue weighted by molar-refractivity contribution is 7.89. The lowest BCUT2D eigenvalue weighted by Crippen LogP contribution is -2.35. The van der Waals surface area contributed by atoms with Crippen LogP contribution in [0.2, 0.25) is 0 Å². The number of benzene rings is 1. The van der Waals surface area contributed by atoms with E-state index in [1.54, 1.807) is 29.4 Å². The normalized spacial score (nSPS) is 20.9. The summed E-state index contributed by atoms with van der Waals surface area (Å²) in [5.41, 5.74) is 1.33. The first-order valence-corrected chi connectivity index (χ1v) is 8.17. The van der Waals surface area contributed by atoms with Crippen molar-refractivity contribution in [1.82, 2.24) is 4.31 Å². The molecule has 1 N–H and O–H groups in total. The van der Waals surface area contributed by atoms with Crippen molar-refractivity contribution < 1.29 is 13.5 Å². The highest BCUT2D eigenvalue weighted by Crippen LogP contribution is 2.30. The first kappa shape index (κ1) is 14.5. The monoisotopic (exact) mass is 283 g/mol. The quantitative estimate of drug-likeness (QED) is 0.920. The number of hydrogen-bond donors (Lipinski definition) is 1. The average Bonchev–Trinajstić information content (AvgIpc) is 2.87. The molecule has 1 atom stereocenters. The van der Waals surface area contributed by atoms with Crippen LogP contribution in [0, 0.1) is 6.92 Å². The van der Waals surface area contributed by atoms with Crippen molar-refractivity contribution in [2.24, 2.45) is 0 Å². The summed E-state index contributed by atoms with van der Waals surface area (Å²) in [6.07, 6.45) is 2.71. The molecule has 1 heterocycles. The summed E-state index contributed by atoms with van der Waals surface area (Å²) in [4.78, 5) is 0.333. The maximum Gasteiger partial charge on any atom is 0.243 e. The maximum atomic E-state index is 12.7. The Bertz CT molecular complexity index is 554. The van der Waals surface area contributed by atoms with Crippen LogP contribution < -0.4 is 0 Å². The van der Waals surface area contributed by atoms with E-state index in [-0.39, 0.29) is 12.6 Å². The summed E-state index contributed by atoms with van der Waals surface area (Å²) in [5, 5.41) is 9.26. The Balaban J connectivity index is 2.45. The summed E-state index contributed by atoms with van der Waals surface area (Å²) in [5.74, 6) is 0. The van der Waals surface area contributed by atoms with Gasteiger partial charge in [0.2, 0.25) is 10.0 Å². The summed E-state index contributed by atoms with van der Waals surface area (Å²) in [7, 11) is -3.44. The molecule has 4 nitrogen and oxygen atoms in total. The van der Waals surface area contributed by atoms with Crippen LogP contribution in [0.5, 0.6) is 0 Å². The van der Waals surface area contributed by atoms with Crippen molar-refractivity contribution in [2.45, 2.75) is 50.7 Å². The molecule has 19 heavy (non-hydrogen) atoms. The zero-order chi connectivity index (χ0) is 14.0. The van der Waals surface area contributed by atoms with Crippen LogP contribution in [0.4, 0.5) is 0 Å². The second kappa shape index (κ2) is 5.61. The van der Waals surface area contributed by atoms with Gasteiger partial charge in [0.25, 0.3) is 0 Å². The Morgan fingerprint density at radius 3 is 2.79 bits per heavy atom. The summed E-state index contributed by atoms with van der Waals surface area (Å²) >= 11 is 0. The number of nitrogens with zero attached hydrogens (tertiary/aromatic N) is 1. The number of rotatable bonds is 4. The van der Waals surface area contributed by atoms with Crippen LogP contribution >= 0.6 is 0 Å². The SMILES string of the molecule is CCC1CCCN1S(=O)(=O)c1cccc(CO)c1C. The Hall–Kier alpha value is -0.910. The Morgan fingerprint density at radius 1 is 1.42 bits per heavy atom. The van der Waals surface area contributed by atoms with E-state index in [4.69, 9.17) is 0 Å². The number of aliphatic hydroxyl groups is 1. The van der Waals surface area contributed by atoms with Crippen molar-refractivity contribution in [3.8, 4) is 0 Å². The molecule has 1 aromatic rings. The minimum absolute atomic E-state index is 0.113. The first-order chi connectivity index (χ1) is 9.02. The molecule has 1 aliphatic rings. The molecule has 0 aromatic heterocycles. The molecule has 0 radical (unpaired) electrons. The molecule has 0 spiro atoms. The van der Waals surface area contributed by atoms with Crippen molar-refractivity contribution in [3.05, 3.63) is 29.3 Å². The van der Waals surface area contributed by atoms with Gasteiger partial charge in [-0.15, -0.1) is 0 Å². The predicted molar refractivity (Wildman–Crippen MR) is 74.3 cm³/mol. The molecule has 0 amide bonds. The predicted octanol–water partition coefficient (Wildman–Crippen LogP) is 2.05. The van der Waals surface area contributed by atoms with Crippen LogP contribution in [0.25, 0.3) is 0 Å². The van der Waals surface area contributed by atoms with Crippen LogP contribution in [0.1, 0.15) is 37.3 Å². The van der Waals surface area contributed by atoms with Crippen LogP contribution in [-0.2, 0) is 16.6 Å². The lowest BCUT2D eigenvalue weighted by atomic mass is 10.1. The number of aliphatic hydroxyl groups excluding tert-OH is 1. The van der Waals surface area contributed by atoms with Crippen molar-refractivity contribution >= 4 is 10.0 Å². The van der Waals surface area contributed by atoms with E-state index in [1.165, 1.54) is 0 Å². The van der Waals surface area contributed by atoms with Gasteiger partial charge >= 0.3 is 0 Å². The fourth-order valence-corrected chi connectivity index (χ4v) is 4.81. The van der Waals surface area contributed by atoms with Crippen LogP contribution in [0.3, 0.4) is 0 Å². The van der Waals surface area contributed by atoms with E-state index >= 15 is 0 Å². The maximum absolute atomic E-state index is 12.7. The zero-order valence-corrected chi connectivity index (χ0v) is 12.3. The van der Waals surface area contributed by atoms with Gasteiger partial charge in [0.1, 0.15) is 0 Å². The van der Waals surface area contributed by atoms with Gasteiger partial charge in [0.05, 0.1) is 11.5 Å². The number of sulfonamides is 1. The fourth-order valence-electron chi connectivity index (χ4n) is 2.77. The third-order valence-corrected chi connectivity index (χ3v) is 6.04. The zero-order valence-electron chi connectivity index (χ0n) is 11.5. The van der Waals surface area contributed by atoms with Crippen LogP contribution in [0.15, 0.2) is 23.1 Å². The number of hydrogen-bond acceptors (Lipinski definition) is 3. The summed E-state index contributed by atoms with van der Waals surface area (Å²) in [6, 6.07) is 5.20. The van der Waals surface area contributed by atoms with Crippen molar-refractivity contribution in [3.63, 3.8) is 0 Å². The van der Waals surface area contributed by atoms with Crippen LogP contribution in [-0.4, -0.2) is 30.4 Å². The van der Waals surface area contributed by atoms with Gasteiger partial charge in [-0.05, 0) is 43.4 Å². The summed E-state index contributed by atoms with van der Waals surface area (Å²) < 4.78 is 27.1. The molecule has 2 rings (SSSR count). The van der Waals surface area contributed by atoms with E-state index in [2.05, 4.69) is 0 Å². The third-order valence-electron chi connectivity index (χ3n) is 3.95. The molecule has 0 bridgehead atoms. The molecule has 106 valence electrons. The third kappa shape index (κ3) is 2.55. The standard InChI is InChI=1S/C14H21NO3S/c1-3-13-7-5-9-15(13)19(17,18)14-8-4-6-12(10-16)11(14)2/h4,6,8,13,16H,3,5,7,9-10H2,1-2H3. The minimum atomic E-state index is -3.44. The van der Waals surface area contributed by atoms with E-state index in [1.807, 2.05) is 6.92 Å². The molecule has 1 unspecified atom stereocenters. The second-order valence-corrected chi connectivity index (χ2v) is 6.88. The van der Waals surface area contributed by atoms with Gasteiger partial charge in [-0.2, -0.15) is 4.31 Å². The van der Waals surface area contributed by atoms with Gasteiger partial charge in [0.15, 0.2) is 0 Å². The Kier molecular flexibility index (Phi) is 4.28. The van der Waals surface area contributed by atoms with Gasteiger partial charge in [0, 0.05) is 12.6 Å². The van der Waals surface area contributed by atoms with E-state index in [0.29, 0.717) is 22.6 Å². The Morgan fingerprint density at radius 2 is 2.16 bits per heavy atom. The van der Waals surface area contributed by atoms with E-state index in [9.17, 15) is 13.5 Å². The lowest BCUT2D eigenvalue weighted by Gasteiger charge is -2.24. The molecule has 1 aliphatic heterocycles. The van der Waals surface area contributed by atoms with Gasteiger partial charge in [-0.25, -0.2) is 8.42 Å². The second-order valence-electron chi connectivity index (χ2n) is 5.02. The molecular formula is C14H21NO3S. The van der Waals surface area contributed by atoms with Gasteiger partial charge in [-0.1, -0.05) is 19.1 Å². The highest BCUT2D eigenvalue weighted by Gasteiger charge is 2.35. The molecule has 1 fully saturated rings. The smallest absolute Gasteiger partial charge is 0.243 e. The molecule has 5 heteroatoms. The van der Waals surface area contributed by atoms with Crippen molar-refractivity contribution in [1.29, 1.82) is 0 Å². The molecule has 1 saturated heterocycles. The van der Waals surface area contributed by atoms with E-state index in [0.717, 1.165) is 19.3 Å². The lowest BCUT2D eigenvalue weighted by molar-refractivity contribution is 0.280. The molecule has 0 saturated carbocycles. The summed E-state index contributed by atoms with van der Waals surface area (Å²) in [6.45, 7) is 4.25. The Labute approximate surface area is 115 Å². The molecule has 1 aromatic carbocycles. The van der Waals surface area contributed by atoms with Crippen molar-refractivity contribution in [2.75, 3.05) is 6.54 Å². The average molecular weight is 283 g/mol. The molecular weight excluding hydrogens is 262 g/mol. The molecule has 0 aliphatic carbocycles.